The van der Waals surface area contributed by atoms with Crippen LogP contribution in [0.5, 0.6) is 11.5 Å². The van der Waals surface area contributed by atoms with Crippen LogP contribution in [0.4, 0.5) is 0 Å². The van der Waals surface area contributed by atoms with Gasteiger partial charge in [-0.25, -0.2) is 0 Å². The summed E-state index contributed by atoms with van der Waals surface area (Å²) in [6.07, 6.45) is 2.32. The van der Waals surface area contributed by atoms with E-state index in [1.165, 1.54) is 7.11 Å². The molecule has 0 unspecified atom stereocenters. The molecule has 0 aliphatic carbocycles. The van der Waals surface area contributed by atoms with E-state index < -0.39 is 0 Å². The van der Waals surface area contributed by atoms with E-state index in [9.17, 15) is 9.59 Å². The van der Waals surface area contributed by atoms with Crippen LogP contribution >= 0.6 is 0 Å². The molecule has 0 spiro atoms. The SMILES string of the molecule is CCCN(C(=O)COc1ccc(C#N)cc1OC)C1CCN(C(=O)c2ccccc2)CC1. The van der Waals surface area contributed by atoms with Crippen LogP contribution in [0, 0.1) is 11.3 Å². The Morgan fingerprint density at radius 1 is 1.12 bits per heavy atom. The van der Waals surface area contributed by atoms with Gasteiger partial charge >= 0.3 is 0 Å². The van der Waals surface area contributed by atoms with Crippen molar-refractivity contribution in [2.75, 3.05) is 33.4 Å². The number of ether oxygens (including phenoxy) is 2. The predicted octanol–water partition coefficient (Wildman–Crippen LogP) is 3.49. The van der Waals surface area contributed by atoms with Crippen LogP contribution in [0.15, 0.2) is 48.5 Å². The summed E-state index contributed by atoms with van der Waals surface area (Å²) in [5, 5.41) is 9.03. The maximum Gasteiger partial charge on any atom is 0.260 e. The summed E-state index contributed by atoms with van der Waals surface area (Å²) in [7, 11) is 1.50. The summed E-state index contributed by atoms with van der Waals surface area (Å²) in [5.74, 6) is 0.797. The summed E-state index contributed by atoms with van der Waals surface area (Å²) >= 11 is 0. The predicted molar refractivity (Wildman–Crippen MR) is 121 cm³/mol. The lowest BCUT2D eigenvalue weighted by molar-refractivity contribution is -0.136. The molecule has 1 aliphatic rings. The molecule has 3 rings (SSSR count). The number of benzene rings is 2. The van der Waals surface area contributed by atoms with Crippen LogP contribution < -0.4 is 9.47 Å². The molecule has 0 radical (unpaired) electrons. The first-order chi connectivity index (χ1) is 15.6. The van der Waals surface area contributed by atoms with Gasteiger partial charge in [-0.2, -0.15) is 5.26 Å². The molecule has 0 atom stereocenters. The fraction of sp³-hybridized carbons (Fsp3) is 0.400. The van der Waals surface area contributed by atoms with Gasteiger partial charge in [0.1, 0.15) is 0 Å². The highest BCUT2D eigenvalue weighted by Crippen LogP contribution is 2.28. The van der Waals surface area contributed by atoms with Gasteiger partial charge in [0.25, 0.3) is 11.8 Å². The van der Waals surface area contributed by atoms with Crippen molar-refractivity contribution in [1.29, 1.82) is 5.26 Å². The second-order valence-corrected chi connectivity index (χ2v) is 7.74. The Balaban J connectivity index is 1.59. The molecule has 1 aliphatic heterocycles. The van der Waals surface area contributed by atoms with Gasteiger partial charge in [-0.15, -0.1) is 0 Å². The Hall–Kier alpha value is -3.53. The molecule has 7 nitrogen and oxygen atoms in total. The van der Waals surface area contributed by atoms with Crippen LogP contribution in [0.1, 0.15) is 42.1 Å². The summed E-state index contributed by atoms with van der Waals surface area (Å²) in [5.41, 5.74) is 1.15. The summed E-state index contributed by atoms with van der Waals surface area (Å²) in [4.78, 5) is 29.4. The molecule has 0 N–H and O–H groups in total. The van der Waals surface area contributed by atoms with E-state index in [0.717, 1.165) is 19.3 Å². The van der Waals surface area contributed by atoms with Crippen molar-refractivity contribution < 1.29 is 19.1 Å². The van der Waals surface area contributed by atoms with Crippen molar-refractivity contribution in [3.63, 3.8) is 0 Å². The zero-order valence-corrected chi connectivity index (χ0v) is 18.6. The Kier molecular flexibility index (Phi) is 8.09. The summed E-state index contributed by atoms with van der Waals surface area (Å²) in [6, 6.07) is 16.3. The lowest BCUT2D eigenvalue weighted by atomic mass is 10.0. The molecular weight excluding hydrogens is 406 g/mol. The smallest absolute Gasteiger partial charge is 0.260 e. The number of rotatable bonds is 8. The zero-order valence-electron chi connectivity index (χ0n) is 18.6. The molecular formula is C25H29N3O4. The number of nitrogens with zero attached hydrogens (tertiary/aromatic N) is 3. The average Bonchev–Trinajstić information content (AvgIpc) is 2.86. The topological polar surface area (TPSA) is 82.9 Å². The molecule has 2 aromatic rings. The molecule has 2 aromatic carbocycles. The first-order valence-electron chi connectivity index (χ1n) is 10.9. The molecule has 32 heavy (non-hydrogen) atoms. The van der Waals surface area contributed by atoms with E-state index in [-0.39, 0.29) is 24.5 Å². The van der Waals surface area contributed by atoms with Crippen LogP contribution in [-0.4, -0.2) is 61.0 Å². The lowest BCUT2D eigenvalue weighted by Gasteiger charge is -2.38. The van der Waals surface area contributed by atoms with Gasteiger partial charge in [0.15, 0.2) is 18.1 Å². The molecule has 168 valence electrons. The average molecular weight is 436 g/mol. The highest BCUT2D eigenvalue weighted by Gasteiger charge is 2.29. The van der Waals surface area contributed by atoms with Gasteiger partial charge in [0.2, 0.25) is 0 Å². The molecule has 0 aromatic heterocycles. The Bertz CT molecular complexity index is 963. The molecule has 0 bridgehead atoms. The Morgan fingerprint density at radius 2 is 1.84 bits per heavy atom. The van der Waals surface area contributed by atoms with Crippen LogP contribution in [0.2, 0.25) is 0 Å². The van der Waals surface area contributed by atoms with E-state index in [2.05, 4.69) is 6.07 Å². The number of carbonyl (C=O) groups excluding carboxylic acids is 2. The highest BCUT2D eigenvalue weighted by atomic mass is 16.5. The fourth-order valence-electron chi connectivity index (χ4n) is 3.97. The normalized spacial score (nSPS) is 13.8. The minimum absolute atomic E-state index is 0.0358. The second-order valence-electron chi connectivity index (χ2n) is 7.74. The first-order valence-corrected chi connectivity index (χ1v) is 10.9. The second kappa shape index (κ2) is 11.2. The monoisotopic (exact) mass is 435 g/mol. The Labute approximate surface area is 189 Å². The van der Waals surface area contributed by atoms with Gasteiger partial charge < -0.3 is 19.3 Å². The fourth-order valence-corrected chi connectivity index (χ4v) is 3.97. The van der Waals surface area contributed by atoms with Crippen LogP contribution in [-0.2, 0) is 4.79 Å². The molecule has 1 fully saturated rings. The van der Waals surface area contributed by atoms with Gasteiger partial charge in [-0.05, 0) is 43.5 Å². The quantitative estimate of drug-likeness (QED) is 0.634. The third-order valence-corrected chi connectivity index (χ3v) is 5.64. The lowest BCUT2D eigenvalue weighted by Crippen LogP contribution is -2.50. The van der Waals surface area contributed by atoms with Gasteiger partial charge in [-0.1, -0.05) is 25.1 Å². The Morgan fingerprint density at radius 3 is 2.47 bits per heavy atom. The van der Waals surface area contributed by atoms with E-state index >= 15 is 0 Å². The number of nitriles is 1. The number of likely N-dealkylation sites (tertiary alicyclic amines) is 1. The molecule has 2 amide bonds. The molecule has 1 heterocycles. The highest BCUT2D eigenvalue weighted by molar-refractivity contribution is 5.94. The van der Waals surface area contributed by atoms with Crippen LogP contribution in [0.25, 0.3) is 0 Å². The van der Waals surface area contributed by atoms with E-state index in [0.29, 0.717) is 42.3 Å². The maximum atomic E-state index is 13.0. The van der Waals surface area contributed by atoms with Crippen molar-refractivity contribution >= 4 is 11.8 Å². The number of hydrogen-bond acceptors (Lipinski definition) is 5. The van der Waals surface area contributed by atoms with Crippen molar-refractivity contribution in [3.05, 3.63) is 59.7 Å². The third kappa shape index (κ3) is 5.58. The minimum atomic E-state index is -0.106. The largest absolute Gasteiger partial charge is 0.493 e. The molecule has 1 saturated heterocycles. The standard InChI is InChI=1S/C25H29N3O4/c1-3-13-28(24(29)18-32-22-10-9-19(17-26)16-23(22)31-2)21-11-14-27(15-12-21)25(30)20-7-5-4-6-8-20/h4-10,16,21H,3,11-15,18H2,1-2H3. The van der Waals surface area contributed by atoms with E-state index in [4.69, 9.17) is 14.7 Å². The third-order valence-electron chi connectivity index (χ3n) is 5.64. The van der Waals surface area contributed by atoms with Gasteiger partial charge in [-0.3, -0.25) is 9.59 Å². The maximum absolute atomic E-state index is 13.0. The number of hydrogen-bond donors (Lipinski definition) is 0. The van der Waals surface area contributed by atoms with Crippen molar-refractivity contribution in [2.24, 2.45) is 0 Å². The number of piperidine rings is 1. The summed E-state index contributed by atoms with van der Waals surface area (Å²) in [6.45, 7) is 3.82. The number of amides is 2. The van der Waals surface area contributed by atoms with Crippen molar-refractivity contribution in [3.8, 4) is 17.6 Å². The van der Waals surface area contributed by atoms with E-state index in [1.807, 2.05) is 47.1 Å². The number of carbonyl (C=O) groups is 2. The van der Waals surface area contributed by atoms with Crippen molar-refractivity contribution in [1.82, 2.24) is 9.80 Å². The molecule has 7 heteroatoms. The molecule has 0 saturated carbocycles. The van der Waals surface area contributed by atoms with Gasteiger partial charge in [0.05, 0.1) is 18.7 Å². The number of methoxy groups -OCH3 is 1. The van der Waals surface area contributed by atoms with Crippen LogP contribution in [0.3, 0.4) is 0 Å². The first kappa shape index (κ1) is 23.1. The van der Waals surface area contributed by atoms with Gasteiger partial charge in [0, 0.05) is 37.3 Å². The minimum Gasteiger partial charge on any atom is -0.493 e. The van der Waals surface area contributed by atoms with Crippen molar-refractivity contribution in [2.45, 2.75) is 32.2 Å². The van der Waals surface area contributed by atoms with E-state index in [1.54, 1.807) is 18.2 Å². The zero-order chi connectivity index (χ0) is 22.9. The summed E-state index contributed by atoms with van der Waals surface area (Å²) < 4.78 is 11.0.